The SMILES string of the molecule is CCS(=O)(=O)NCCN1CCOC1=O. The van der Waals surface area contributed by atoms with Gasteiger partial charge in [0.2, 0.25) is 10.0 Å². The second-order valence-corrected chi connectivity index (χ2v) is 4.99. The first-order chi connectivity index (χ1) is 6.55. The molecule has 0 atom stereocenters. The Hall–Kier alpha value is -0.820. The summed E-state index contributed by atoms with van der Waals surface area (Å²) in [5.74, 6) is 0.0530. The number of nitrogens with one attached hydrogen (secondary N) is 1. The number of ether oxygens (including phenoxy) is 1. The summed E-state index contributed by atoms with van der Waals surface area (Å²) < 4.78 is 29.1. The zero-order valence-corrected chi connectivity index (χ0v) is 8.84. The van der Waals surface area contributed by atoms with Gasteiger partial charge in [-0.2, -0.15) is 0 Å². The van der Waals surface area contributed by atoms with Crippen molar-refractivity contribution in [1.82, 2.24) is 9.62 Å². The van der Waals surface area contributed by atoms with E-state index in [1.165, 1.54) is 4.90 Å². The van der Waals surface area contributed by atoms with E-state index < -0.39 is 10.0 Å². The molecule has 1 rings (SSSR count). The maximum absolute atomic E-state index is 11.0. The van der Waals surface area contributed by atoms with Crippen LogP contribution in [0, 0.1) is 0 Å². The number of cyclic esters (lactones) is 1. The number of amides is 1. The lowest BCUT2D eigenvalue weighted by molar-refractivity contribution is 0.159. The van der Waals surface area contributed by atoms with Gasteiger partial charge in [0.05, 0.1) is 12.3 Å². The second-order valence-electron chi connectivity index (χ2n) is 2.90. The van der Waals surface area contributed by atoms with Gasteiger partial charge in [-0.15, -0.1) is 0 Å². The van der Waals surface area contributed by atoms with E-state index in [0.29, 0.717) is 19.7 Å². The zero-order chi connectivity index (χ0) is 10.6. The molecule has 0 radical (unpaired) electrons. The Morgan fingerprint density at radius 3 is 2.79 bits per heavy atom. The molecule has 0 aromatic heterocycles. The van der Waals surface area contributed by atoms with Gasteiger partial charge in [0.25, 0.3) is 0 Å². The summed E-state index contributed by atoms with van der Waals surface area (Å²) in [7, 11) is -3.16. The Bertz CT molecular complexity index is 301. The Morgan fingerprint density at radius 1 is 1.57 bits per heavy atom. The van der Waals surface area contributed by atoms with Crippen molar-refractivity contribution in [2.24, 2.45) is 0 Å². The number of carbonyl (C=O) groups is 1. The third-order valence-corrected chi connectivity index (χ3v) is 3.33. The van der Waals surface area contributed by atoms with Crippen LogP contribution in [0.4, 0.5) is 4.79 Å². The Balaban J connectivity index is 2.25. The third-order valence-electron chi connectivity index (χ3n) is 1.93. The van der Waals surface area contributed by atoms with E-state index in [9.17, 15) is 13.2 Å². The van der Waals surface area contributed by atoms with Crippen LogP contribution in [0.15, 0.2) is 0 Å². The van der Waals surface area contributed by atoms with E-state index in [1.807, 2.05) is 0 Å². The van der Waals surface area contributed by atoms with Crippen molar-refractivity contribution in [2.45, 2.75) is 6.92 Å². The normalized spacial score (nSPS) is 17.2. The fraction of sp³-hybridized carbons (Fsp3) is 0.857. The van der Waals surface area contributed by atoms with Crippen molar-refractivity contribution in [3.05, 3.63) is 0 Å². The first-order valence-corrected chi connectivity index (χ1v) is 6.09. The highest BCUT2D eigenvalue weighted by Crippen LogP contribution is 2.01. The minimum atomic E-state index is -3.16. The molecule has 1 N–H and O–H groups in total. The maximum Gasteiger partial charge on any atom is 0.409 e. The van der Waals surface area contributed by atoms with E-state index in [-0.39, 0.29) is 18.4 Å². The predicted molar refractivity (Wildman–Crippen MR) is 50.4 cm³/mol. The molecule has 1 saturated heterocycles. The smallest absolute Gasteiger partial charge is 0.409 e. The van der Waals surface area contributed by atoms with E-state index in [0.717, 1.165) is 0 Å². The molecule has 7 heteroatoms. The number of rotatable bonds is 5. The molecule has 0 unspecified atom stereocenters. The van der Waals surface area contributed by atoms with E-state index in [4.69, 9.17) is 0 Å². The van der Waals surface area contributed by atoms with Crippen LogP contribution >= 0.6 is 0 Å². The molecule has 1 fully saturated rings. The summed E-state index contributed by atoms with van der Waals surface area (Å²) >= 11 is 0. The molecule has 1 amide bonds. The molecular weight excluding hydrogens is 208 g/mol. The quantitative estimate of drug-likeness (QED) is 0.672. The van der Waals surface area contributed by atoms with Crippen molar-refractivity contribution in [3.8, 4) is 0 Å². The number of hydrogen-bond acceptors (Lipinski definition) is 4. The van der Waals surface area contributed by atoms with Crippen molar-refractivity contribution in [3.63, 3.8) is 0 Å². The second kappa shape index (κ2) is 4.61. The van der Waals surface area contributed by atoms with Crippen LogP contribution in [0.2, 0.25) is 0 Å². The van der Waals surface area contributed by atoms with Crippen molar-refractivity contribution >= 4 is 16.1 Å². The first-order valence-electron chi connectivity index (χ1n) is 4.44. The average molecular weight is 222 g/mol. The molecule has 0 aliphatic carbocycles. The third kappa shape index (κ3) is 3.15. The molecule has 6 nitrogen and oxygen atoms in total. The fourth-order valence-corrected chi connectivity index (χ4v) is 1.67. The summed E-state index contributed by atoms with van der Waals surface area (Å²) in [5, 5.41) is 0. The Labute approximate surface area is 83.3 Å². The lowest BCUT2D eigenvalue weighted by atomic mass is 10.5. The predicted octanol–water partition coefficient (Wildman–Crippen LogP) is -0.622. The number of carbonyl (C=O) groups excluding carboxylic acids is 1. The number of sulfonamides is 1. The van der Waals surface area contributed by atoms with Gasteiger partial charge in [-0.1, -0.05) is 0 Å². The van der Waals surface area contributed by atoms with Crippen molar-refractivity contribution < 1.29 is 17.9 Å². The highest BCUT2D eigenvalue weighted by Gasteiger charge is 2.21. The summed E-state index contributed by atoms with van der Waals surface area (Å²) in [4.78, 5) is 12.4. The minimum absolute atomic E-state index is 0.0530. The van der Waals surface area contributed by atoms with Crippen LogP contribution in [-0.2, 0) is 14.8 Å². The summed E-state index contributed by atoms with van der Waals surface area (Å²) in [6, 6.07) is 0. The van der Waals surface area contributed by atoms with Gasteiger partial charge in [0, 0.05) is 13.1 Å². The van der Waals surface area contributed by atoms with Gasteiger partial charge in [0.1, 0.15) is 6.61 Å². The van der Waals surface area contributed by atoms with E-state index in [2.05, 4.69) is 9.46 Å². The first kappa shape index (κ1) is 11.3. The summed E-state index contributed by atoms with van der Waals surface area (Å²) in [6.45, 7) is 3.09. The van der Waals surface area contributed by atoms with Gasteiger partial charge in [0.15, 0.2) is 0 Å². The van der Waals surface area contributed by atoms with Crippen LogP contribution in [0.25, 0.3) is 0 Å². The minimum Gasteiger partial charge on any atom is -0.448 e. The van der Waals surface area contributed by atoms with Crippen molar-refractivity contribution in [1.29, 1.82) is 0 Å². The Kier molecular flexibility index (Phi) is 3.70. The molecular formula is C7H14N2O4S. The molecule has 82 valence electrons. The van der Waals surface area contributed by atoms with Crippen LogP contribution in [-0.4, -0.2) is 51.4 Å². The molecule has 14 heavy (non-hydrogen) atoms. The molecule has 0 saturated carbocycles. The zero-order valence-electron chi connectivity index (χ0n) is 8.02. The lowest BCUT2D eigenvalue weighted by Gasteiger charge is -2.12. The van der Waals surface area contributed by atoms with Gasteiger partial charge < -0.3 is 9.64 Å². The monoisotopic (exact) mass is 222 g/mol. The lowest BCUT2D eigenvalue weighted by Crippen LogP contribution is -2.35. The standard InChI is InChI=1S/C7H14N2O4S/c1-2-14(11,12)8-3-4-9-5-6-13-7(9)10/h8H,2-6H2,1H3. The van der Waals surface area contributed by atoms with Gasteiger partial charge in [-0.05, 0) is 6.92 Å². The highest BCUT2D eigenvalue weighted by molar-refractivity contribution is 7.89. The summed E-state index contributed by atoms with van der Waals surface area (Å²) in [5.41, 5.74) is 0. The molecule has 1 aliphatic rings. The van der Waals surface area contributed by atoms with Crippen molar-refractivity contribution in [2.75, 3.05) is 32.0 Å². The number of nitrogens with zero attached hydrogens (tertiary/aromatic N) is 1. The van der Waals surface area contributed by atoms with E-state index >= 15 is 0 Å². The van der Waals surface area contributed by atoms with Crippen LogP contribution in [0.5, 0.6) is 0 Å². The van der Waals surface area contributed by atoms with Crippen LogP contribution in [0.3, 0.4) is 0 Å². The maximum atomic E-state index is 11.0. The van der Waals surface area contributed by atoms with Crippen LogP contribution in [0.1, 0.15) is 6.92 Å². The van der Waals surface area contributed by atoms with E-state index in [1.54, 1.807) is 6.92 Å². The number of hydrogen-bond donors (Lipinski definition) is 1. The molecule has 0 bridgehead atoms. The Morgan fingerprint density at radius 2 is 2.29 bits per heavy atom. The molecule has 1 aliphatic heterocycles. The van der Waals surface area contributed by atoms with Gasteiger partial charge >= 0.3 is 6.09 Å². The largest absolute Gasteiger partial charge is 0.448 e. The molecule has 0 aromatic rings. The fourth-order valence-electron chi connectivity index (χ4n) is 1.07. The molecule has 0 spiro atoms. The molecule has 0 aromatic carbocycles. The topological polar surface area (TPSA) is 75.7 Å². The molecule has 1 heterocycles. The van der Waals surface area contributed by atoms with Crippen LogP contribution < -0.4 is 4.72 Å². The highest BCUT2D eigenvalue weighted by atomic mass is 32.2. The summed E-state index contributed by atoms with van der Waals surface area (Å²) in [6.07, 6.45) is -0.374. The average Bonchev–Trinajstić information content (AvgIpc) is 2.52. The van der Waals surface area contributed by atoms with Gasteiger partial charge in [-0.3, -0.25) is 0 Å². The van der Waals surface area contributed by atoms with Gasteiger partial charge in [-0.25, -0.2) is 17.9 Å².